The molecule has 0 N–H and O–H groups in total. The average Bonchev–Trinajstić information content (AvgIpc) is 2.72. The van der Waals surface area contributed by atoms with Crippen LogP contribution in [-0.2, 0) is 22.4 Å². The zero-order valence-corrected chi connectivity index (χ0v) is 12.9. The van der Waals surface area contributed by atoms with Gasteiger partial charge < -0.3 is 9.15 Å². The molecule has 3 nitrogen and oxygen atoms in total. The predicted octanol–water partition coefficient (Wildman–Crippen LogP) is 3.67. The molecule has 0 saturated heterocycles. The summed E-state index contributed by atoms with van der Waals surface area (Å²) >= 11 is 0. The second-order valence-corrected chi connectivity index (χ2v) is 7.01. The van der Waals surface area contributed by atoms with Crippen LogP contribution in [0, 0.1) is 24.2 Å². The fourth-order valence-electron chi connectivity index (χ4n) is 4.38. The Kier molecular flexibility index (Phi) is 3.19. The Morgan fingerprint density at radius 3 is 2.95 bits per heavy atom. The topological polar surface area (TPSA) is 39.4 Å². The highest BCUT2D eigenvalue weighted by Crippen LogP contribution is 2.52. The monoisotopic (exact) mass is 276 g/mol. The summed E-state index contributed by atoms with van der Waals surface area (Å²) in [6, 6.07) is 0. The van der Waals surface area contributed by atoms with Gasteiger partial charge in [-0.2, -0.15) is 0 Å². The molecule has 1 aromatic rings. The standard InChI is InChI=1S/C17H24O3/c1-10-9-19-16-8-17(4)6-5-15(20-12(3)18)11(2)14(17)7-13(10)16/h9,11,14-15H,5-8H2,1-4H3. The van der Waals surface area contributed by atoms with Gasteiger partial charge in [-0.05, 0) is 54.6 Å². The van der Waals surface area contributed by atoms with Crippen LogP contribution in [0.1, 0.15) is 50.5 Å². The predicted molar refractivity (Wildman–Crippen MR) is 76.4 cm³/mol. The lowest BCUT2D eigenvalue weighted by Crippen LogP contribution is -2.48. The maximum absolute atomic E-state index is 11.3. The molecule has 0 aromatic carbocycles. The quantitative estimate of drug-likeness (QED) is 0.735. The first-order chi connectivity index (χ1) is 9.40. The van der Waals surface area contributed by atoms with Crippen molar-refractivity contribution < 1.29 is 13.9 Å². The largest absolute Gasteiger partial charge is 0.469 e. The van der Waals surface area contributed by atoms with Crippen LogP contribution in [0.3, 0.4) is 0 Å². The summed E-state index contributed by atoms with van der Waals surface area (Å²) in [6.07, 6.45) is 6.14. The molecule has 3 rings (SSSR count). The molecule has 20 heavy (non-hydrogen) atoms. The van der Waals surface area contributed by atoms with E-state index in [4.69, 9.17) is 9.15 Å². The number of fused-ring (bicyclic) bond motifs is 2. The van der Waals surface area contributed by atoms with Crippen LogP contribution < -0.4 is 0 Å². The molecule has 1 saturated carbocycles. The first-order valence-electron chi connectivity index (χ1n) is 7.64. The van der Waals surface area contributed by atoms with Gasteiger partial charge in [0.1, 0.15) is 11.9 Å². The summed E-state index contributed by atoms with van der Waals surface area (Å²) in [4.78, 5) is 11.3. The van der Waals surface area contributed by atoms with E-state index in [0.717, 1.165) is 25.7 Å². The van der Waals surface area contributed by atoms with Crippen molar-refractivity contribution in [2.75, 3.05) is 0 Å². The minimum atomic E-state index is -0.151. The fraction of sp³-hybridized carbons (Fsp3) is 0.706. The molecular formula is C17H24O3. The molecule has 1 aromatic heterocycles. The number of aryl methyl sites for hydroxylation is 1. The number of hydrogen-bond donors (Lipinski definition) is 0. The summed E-state index contributed by atoms with van der Waals surface area (Å²) in [6.45, 7) is 8.26. The third-order valence-corrected chi connectivity index (χ3v) is 5.61. The maximum Gasteiger partial charge on any atom is 0.302 e. The smallest absolute Gasteiger partial charge is 0.302 e. The summed E-state index contributed by atoms with van der Waals surface area (Å²) in [5.74, 6) is 2.02. The molecule has 1 fully saturated rings. The van der Waals surface area contributed by atoms with Gasteiger partial charge >= 0.3 is 5.97 Å². The average molecular weight is 276 g/mol. The van der Waals surface area contributed by atoms with Crippen LogP contribution in [-0.4, -0.2) is 12.1 Å². The van der Waals surface area contributed by atoms with Gasteiger partial charge in [-0.3, -0.25) is 4.79 Å². The van der Waals surface area contributed by atoms with Crippen molar-refractivity contribution in [2.45, 2.75) is 59.5 Å². The first kappa shape index (κ1) is 13.7. The van der Waals surface area contributed by atoms with Crippen LogP contribution in [0.15, 0.2) is 10.7 Å². The number of carbonyl (C=O) groups is 1. The van der Waals surface area contributed by atoms with E-state index in [1.54, 1.807) is 0 Å². The van der Waals surface area contributed by atoms with Crippen LogP contribution in [0.4, 0.5) is 0 Å². The SMILES string of the molecule is CC(=O)OC1CCC2(C)Cc3occ(C)c3CC2C1C. The molecule has 2 aliphatic carbocycles. The zero-order valence-electron chi connectivity index (χ0n) is 12.9. The third kappa shape index (κ3) is 2.07. The van der Waals surface area contributed by atoms with Crippen molar-refractivity contribution >= 4 is 5.97 Å². The van der Waals surface area contributed by atoms with E-state index in [1.165, 1.54) is 23.8 Å². The summed E-state index contributed by atoms with van der Waals surface area (Å²) < 4.78 is 11.3. The van der Waals surface area contributed by atoms with E-state index in [1.807, 2.05) is 6.26 Å². The van der Waals surface area contributed by atoms with Gasteiger partial charge in [-0.15, -0.1) is 0 Å². The van der Waals surface area contributed by atoms with Crippen molar-refractivity contribution in [3.63, 3.8) is 0 Å². The van der Waals surface area contributed by atoms with Crippen molar-refractivity contribution in [3.05, 3.63) is 23.2 Å². The van der Waals surface area contributed by atoms with Gasteiger partial charge in [0.2, 0.25) is 0 Å². The molecule has 0 amide bonds. The molecule has 4 unspecified atom stereocenters. The van der Waals surface area contributed by atoms with Gasteiger partial charge in [0.25, 0.3) is 0 Å². The number of esters is 1. The number of rotatable bonds is 1. The molecule has 0 radical (unpaired) electrons. The van der Waals surface area contributed by atoms with E-state index in [2.05, 4.69) is 20.8 Å². The van der Waals surface area contributed by atoms with E-state index in [0.29, 0.717) is 11.8 Å². The van der Waals surface area contributed by atoms with Crippen molar-refractivity contribution in [2.24, 2.45) is 17.3 Å². The summed E-state index contributed by atoms with van der Waals surface area (Å²) in [5.41, 5.74) is 2.94. The Morgan fingerprint density at radius 2 is 2.25 bits per heavy atom. The number of hydrogen-bond acceptors (Lipinski definition) is 3. The molecule has 2 aliphatic rings. The molecule has 3 heteroatoms. The van der Waals surface area contributed by atoms with Gasteiger partial charge in [0.05, 0.1) is 6.26 Å². The molecule has 110 valence electrons. The molecule has 0 bridgehead atoms. The zero-order chi connectivity index (χ0) is 14.5. The highest BCUT2D eigenvalue weighted by molar-refractivity contribution is 5.66. The van der Waals surface area contributed by atoms with Gasteiger partial charge in [0.15, 0.2) is 0 Å². The first-order valence-corrected chi connectivity index (χ1v) is 7.64. The summed E-state index contributed by atoms with van der Waals surface area (Å²) in [5, 5.41) is 0. The highest BCUT2D eigenvalue weighted by atomic mass is 16.5. The van der Waals surface area contributed by atoms with Crippen LogP contribution >= 0.6 is 0 Å². The minimum absolute atomic E-state index is 0.0827. The lowest BCUT2D eigenvalue weighted by molar-refractivity contribution is -0.156. The van der Waals surface area contributed by atoms with E-state index in [9.17, 15) is 4.79 Å². The lowest BCUT2D eigenvalue weighted by atomic mass is 9.56. The molecule has 0 aliphatic heterocycles. The van der Waals surface area contributed by atoms with Crippen LogP contribution in [0.5, 0.6) is 0 Å². The molecule has 0 spiro atoms. The molecular weight excluding hydrogens is 252 g/mol. The third-order valence-electron chi connectivity index (χ3n) is 5.61. The normalized spacial score (nSPS) is 36.1. The fourth-order valence-corrected chi connectivity index (χ4v) is 4.38. The summed E-state index contributed by atoms with van der Waals surface area (Å²) in [7, 11) is 0. The lowest BCUT2D eigenvalue weighted by Gasteiger charge is -2.50. The van der Waals surface area contributed by atoms with E-state index < -0.39 is 0 Å². The number of carbonyl (C=O) groups excluding carboxylic acids is 1. The van der Waals surface area contributed by atoms with Crippen LogP contribution in [0.2, 0.25) is 0 Å². The Balaban J connectivity index is 1.88. The number of ether oxygens (including phenoxy) is 1. The Morgan fingerprint density at radius 1 is 1.50 bits per heavy atom. The molecule has 4 atom stereocenters. The van der Waals surface area contributed by atoms with Crippen molar-refractivity contribution in [3.8, 4) is 0 Å². The Hall–Kier alpha value is -1.25. The Bertz CT molecular complexity index is 530. The van der Waals surface area contributed by atoms with Gasteiger partial charge in [-0.1, -0.05) is 13.8 Å². The van der Waals surface area contributed by atoms with E-state index in [-0.39, 0.29) is 17.5 Å². The van der Waals surface area contributed by atoms with Gasteiger partial charge in [-0.25, -0.2) is 0 Å². The molecule has 1 heterocycles. The van der Waals surface area contributed by atoms with Crippen molar-refractivity contribution in [1.82, 2.24) is 0 Å². The van der Waals surface area contributed by atoms with Crippen molar-refractivity contribution in [1.29, 1.82) is 0 Å². The highest BCUT2D eigenvalue weighted by Gasteiger charge is 2.49. The number of furan rings is 1. The minimum Gasteiger partial charge on any atom is -0.469 e. The Labute approximate surface area is 120 Å². The maximum atomic E-state index is 11.3. The second kappa shape index (κ2) is 4.64. The van der Waals surface area contributed by atoms with Crippen LogP contribution in [0.25, 0.3) is 0 Å². The van der Waals surface area contributed by atoms with E-state index >= 15 is 0 Å². The van der Waals surface area contributed by atoms with Gasteiger partial charge in [0, 0.05) is 13.3 Å². The second-order valence-electron chi connectivity index (χ2n) is 7.01.